The summed E-state index contributed by atoms with van der Waals surface area (Å²) in [6, 6.07) is 13.7. The van der Waals surface area contributed by atoms with E-state index in [1.54, 1.807) is 29.2 Å². The molecule has 198 valence electrons. The van der Waals surface area contributed by atoms with Crippen LogP contribution < -0.4 is 9.64 Å². The van der Waals surface area contributed by atoms with Crippen LogP contribution in [0.4, 0.5) is 17.1 Å². The summed E-state index contributed by atoms with van der Waals surface area (Å²) in [7, 11) is 4.49. The van der Waals surface area contributed by atoms with Crippen LogP contribution in [0, 0.1) is 10.1 Å². The Morgan fingerprint density at radius 1 is 1.26 bits per heavy atom. The van der Waals surface area contributed by atoms with Gasteiger partial charge in [0, 0.05) is 17.4 Å². The minimum absolute atomic E-state index is 0.156. The fraction of sp³-hybridized carbons (Fsp3) is 0.259. The number of aromatic amines is 1. The Labute approximate surface area is 229 Å². The number of nitrogens with zero attached hydrogens (tertiary/aromatic N) is 4. The summed E-state index contributed by atoms with van der Waals surface area (Å²) < 4.78 is 16.5. The van der Waals surface area contributed by atoms with Gasteiger partial charge in [-0.15, -0.1) is 0 Å². The van der Waals surface area contributed by atoms with Gasteiger partial charge in [0.2, 0.25) is 0 Å². The smallest absolute Gasteiger partial charge is 0.0105 e. The normalized spacial score (nSPS) is 14.9. The van der Waals surface area contributed by atoms with Gasteiger partial charge >= 0.3 is 158 Å². The molecule has 0 bridgehead atoms. The predicted molar refractivity (Wildman–Crippen MR) is 153 cm³/mol. The number of carbonyl (C=O) groups excluding carboxylic acids is 1. The number of nitro benzene ring substituents is 1. The first kappa shape index (κ1) is 26.5. The van der Waals surface area contributed by atoms with Crippen LogP contribution >= 0.6 is 11.6 Å². The Morgan fingerprint density at radius 3 is 2.79 bits per heavy atom. The van der Waals surface area contributed by atoms with E-state index in [-0.39, 0.29) is 29.9 Å². The molecule has 0 saturated carbocycles. The SMILES string of the molecule is CN(C)CCOc1ccc2[nH]c(C(=O)N3CC(CCl)c4c3cc([N+](=O)[O-])c3cc(/N=C\B=O)ccc43)cc2c1. The van der Waals surface area contributed by atoms with E-state index >= 15 is 0 Å². The van der Waals surface area contributed by atoms with E-state index in [0.717, 1.165) is 29.1 Å². The number of aromatic nitrogens is 1. The maximum atomic E-state index is 13.8. The van der Waals surface area contributed by atoms with Crippen LogP contribution in [-0.2, 0) is 4.70 Å². The zero-order valence-corrected chi connectivity index (χ0v) is 22.1. The number of aliphatic imine (C=N–C) groups is 1. The van der Waals surface area contributed by atoms with E-state index in [4.69, 9.17) is 16.3 Å². The fourth-order valence-corrected chi connectivity index (χ4v) is 5.19. The van der Waals surface area contributed by atoms with Crippen molar-refractivity contribution in [3.63, 3.8) is 0 Å². The van der Waals surface area contributed by atoms with Crippen molar-refractivity contribution in [2.45, 2.75) is 5.92 Å². The third-order valence-electron chi connectivity index (χ3n) is 6.76. The molecule has 0 saturated heterocycles. The molecule has 39 heavy (non-hydrogen) atoms. The number of carbonyl (C=O) groups is 1. The molecule has 0 radical (unpaired) electrons. The average Bonchev–Trinajstić information content (AvgIpc) is 3.52. The quantitative estimate of drug-likeness (QED) is 0.105. The number of nitrogens with one attached hydrogen (secondary N) is 1. The molecule has 2 heterocycles. The third-order valence-corrected chi connectivity index (χ3v) is 7.14. The molecule has 4 aromatic rings. The molecule has 3 aromatic carbocycles. The molecular weight excluding hydrogens is 521 g/mol. The minimum atomic E-state index is -0.479. The van der Waals surface area contributed by atoms with Crippen LogP contribution in [0.25, 0.3) is 21.7 Å². The van der Waals surface area contributed by atoms with Gasteiger partial charge in [-0.25, -0.2) is 0 Å². The van der Waals surface area contributed by atoms with Gasteiger partial charge in [-0.05, 0) is 32.3 Å². The second kappa shape index (κ2) is 11.0. The van der Waals surface area contributed by atoms with Crippen LogP contribution in [0.15, 0.2) is 53.5 Å². The van der Waals surface area contributed by atoms with Gasteiger partial charge in [0.15, 0.2) is 0 Å². The molecule has 5 rings (SSSR count). The number of rotatable bonds is 9. The van der Waals surface area contributed by atoms with Gasteiger partial charge in [0.05, 0.1) is 0 Å². The Kier molecular flexibility index (Phi) is 7.45. The number of nitro groups is 1. The van der Waals surface area contributed by atoms with Gasteiger partial charge in [0.25, 0.3) is 0 Å². The summed E-state index contributed by atoms with van der Waals surface area (Å²) in [5.41, 5.74) is 2.63. The minimum Gasteiger partial charge on any atom is -0.0105 e. The Morgan fingerprint density at radius 2 is 2.08 bits per heavy atom. The first-order chi connectivity index (χ1) is 18.8. The molecule has 1 N–H and O–H groups in total. The first-order valence-corrected chi connectivity index (χ1v) is 12.8. The molecule has 1 amide bonds. The van der Waals surface area contributed by atoms with Crippen molar-refractivity contribution >= 4 is 69.5 Å². The number of hydrogen-bond acceptors (Lipinski definition) is 7. The number of alkyl halides is 1. The van der Waals surface area contributed by atoms with Crippen molar-refractivity contribution in [3.05, 3.63) is 69.9 Å². The van der Waals surface area contributed by atoms with Crippen molar-refractivity contribution < 1.29 is 19.2 Å². The molecule has 1 aromatic heterocycles. The Hall–Kier alpha value is -4.09. The fourth-order valence-electron chi connectivity index (χ4n) is 4.94. The number of likely N-dealkylation sites (N-methyl/N-ethyl adjacent to an activating group) is 1. The van der Waals surface area contributed by atoms with Gasteiger partial charge < -0.3 is 9.64 Å². The summed E-state index contributed by atoms with van der Waals surface area (Å²) in [5, 5.41) is 13.9. The van der Waals surface area contributed by atoms with Gasteiger partial charge in [0.1, 0.15) is 12.4 Å². The number of anilines is 1. The number of H-pyrrole nitrogens is 1. The maximum absolute atomic E-state index is 13.8. The molecule has 1 atom stereocenters. The zero-order valence-electron chi connectivity index (χ0n) is 21.4. The summed E-state index contributed by atoms with van der Waals surface area (Å²) >= 11 is 6.34. The predicted octanol–water partition coefficient (Wildman–Crippen LogP) is 4.86. The molecule has 0 fully saturated rings. The van der Waals surface area contributed by atoms with Gasteiger partial charge in [-0.1, -0.05) is 0 Å². The average molecular weight is 546 g/mol. The molecule has 12 heteroatoms. The van der Waals surface area contributed by atoms with E-state index < -0.39 is 4.92 Å². The van der Waals surface area contributed by atoms with Crippen LogP contribution in [0.5, 0.6) is 5.75 Å². The van der Waals surface area contributed by atoms with Gasteiger partial charge in [-0.3, -0.25) is 0 Å². The second-order valence-electron chi connectivity index (χ2n) is 9.58. The summed E-state index contributed by atoms with van der Waals surface area (Å²) in [5.74, 6) is 0.403. The number of halogens is 1. The molecule has 0 aliphatic carbocycles. The van der Waals surface area contributed by atoms with Crippen molar-refractivity contribution in [1.29, 1.82) is 0 Å². The molecular formula is C27H25BClN5O5. The third kappa shape index (κ3) is 5.15. The van der Waals surface area contributed by atoms with E-state index in [2.05, 4.69) is 9.98 Å². The van der Waals surface area contributed by atoms with Gasteiger partial charge in [-0.2, -0.15) is 0 Å². The number of non-ortho nitro benzene ring substituents is 1. The standard InChI is InChI=1S/C27H25BClN5O5/c1-32(2)7-8-39-19-4-6-22-16(9-19)10-23(31-22)27(35)33-14-17(13-29)26-20-5-3-18(30-15-28-36)11-21(20)24(34(37)38)12-25(26)33/h3-6,9-12,15,17,31H,7-8,13-14H2,1-2H3/b30-15-. The van der Waals surface area contributed by atoms with Crippen molar-refractivity contribution in [1.82, 2.24) is 9.88 Å². The van der Waals surface area contributed by atoms with E-state index in [1.807, 2.05) is 37.2 Å². The number of benzene rings is 3. The van der Waals surface area contributed by atoms with E-state index in [0.29, 0.717) is 47.3 Å². The summed E-state index contributed by atoms with van der Waals surface area (Å²) in [6.07, 6.45) is 1.08. The summed E-state index contributed by atoms with van der Waals surface area (Å²) in [6.45, 7) is 1.60. The van der Waals surface area contributed by atoms with Crippen molar-refractivity contribution in [3.8, 4) is 5.75 Å². The zero-order chi connectivity index (χ0) is 27.7. The van der Waals surface area contributed by atoms with Crippen LogP contribution in [0.2, 0.25) is 0 Å². The molecule has 1 aliphatic rings. The van der Waals surface area contributed by atoms with Crippen molar-refractivity contribution in [2.24, 2.45) is 4.99 Å². The summed E-state index contributed by atoms with van der Waals surface area (Å²) in [4.78, 5) is 36.1. The van der Waals surface area contributed by atoms with Crippen LogP contribution in [-0.4, -0.2) is 73.7 Å². The van der Waals surface area contributed by atoms with Crippen molar-refractivity contribution in [2.75, 3.05) is 44.6 Å². The topological polar surface area (TPSA) is 121 Å². The first-order valence-electron chi connectivity index (χ1n) is 12.3. The molecule has 10 nitrogen and oxygen atoms in total. The monoisotopic (exact) mass is 545 g/mol. The number of hydrogen-bond donors (Lipinski definition) is 1. The molecule has 1 aliphatic heterocycles. The van der Waals surface area contributed by atoms with Crippen LogP contribution in [0.1, 0.15) is 22.0 Å². The number of amides is 1. The van der Waals surface area contributed by atoms with E-state index in [1.165, 1.54) is 6.07 Å². The Bertz CT molecular complexity index is 1640. The molecule has 1 unspecified atom stereocenters. The number of fused-ring (bicyclic) bond motifs is 4. The van der Waals surface area contributed by atoms with Crippen LogP contribution in [0.3, 0.4) is 0 Å². The second-order valence-corrected chi connectivity index (χ2v) is 9.89. The van der Waals surface area contributed by atoms with E-state index in [9.17, 15) is 19.6 Å². The molecule has 0 spiro atoms. The Balaban J connectivity index is 1.53. The number of ether oxygens (including phenoxy) is 1.